The normalized spacial score (nSPS) is 11.1. The van der Waals surface area contributed by atoms with E-state index in [-0.39, 0.29) is 38.4 Å². The standard InChI is InChI=1S/C21H12F3NO4S/c1-9-5-6-10(18(24)17(9)23)12-8-30-20(16(12)21(27)28)25-19(26)15-7-11-13(22)3-2-4-14(11)29-15/h2-8H,1H3,(H,25,26)(H,27,28). The summed E-state index contributed by atoms with van der Waals surface area (Å²) in [7, 11) is 0. The Balaban J connectivity index is 1.73. The lowest BCUT2D eigenvalue weighted by atomic mass is 10.0. The number of benzene rings is 2. The highest BCUT2D eigenvalue weighted by atomic mass is 32.1. The van der Waals surface area contributed by atoms with Crippen LogP contribution in [0.1, 0.15) is 26.5 Å². The van der Waals surface area contributed by atoms with Crippen molar-refractivity contribution in [3.05, 3.63) is 76.1 Å². The predicted molar refractivity (Wildman–Crippen MR) is 105 cm³/mol. The average molecular weight is 431 g/mol. The number of halogens is 3. The van der Waals surface area contributed by atoms with Gasteiger partial charge in [-0.2, -0.15) is 0 Å². The quantitative estimate of drug-likeness (QED) is 0.426. The number of aryl methyl sites for hydroxylation is 1. The highest BCUT2D eigenvalue weighted by Crippen LogP contribution is 2.38. The summed E-state index contributed by atoms with van der Waals surface area (Å²) in [4.78, 5) is 24.3. The van der Waals surface area contributed by atoms with E-state index in [0.717, 1.165) is 11.3 Å². The van der Waals surface area contributed by atoms with Gasteiger partial charge >= 0.3 is 5.97 Å². The summed E-state index contributed by atoms with van der Waals surface area (Å²) >= 11 is 0.833. The van der Waals surface area contributed by atoms with Gasteiger partial charge in [-0.15, -0.1) is 11.3 Å². The molecule has 0 fully saturated rings. The molecule has 0 radical (unpaired) electrons. The SMILES string of the molecule is Cc1ccc(-c2csc(NC(=O)c3cc4c(F)cccc4o3)c2C(=O)O)c(F)c1F. The number of nitrogens with one attached hydrogen (secondary N) is 1. The lowest BCUT2D eigenvalue weighted by Gasteiger charge is -2.07. The zero-order valence-corrected chi connectivity index (χ0v) is 16.1. The first-order valence-electron chi connectivity index (χ1n) is 8.57. The predicted octanol–water partition coefficient (Wildman–Crippen LogP) is 5.84. The maximum atomic E-state index is 14.4. The van der Waals surface area contributed by atoms with E-state index in [4.69, 9.17) is 4.42 Å². The van der Waals surface area contributed by atoms with Crippen molar-refractivity contribution >= 4 is 39.2 Å². The number of hydrogen-bond acceptors (Lipinski definition) is 4. The van der Waals surface area contributed by atoms with Crippen molar-refractivity contribution in [2.45, 2.75) is 6.92 Å². The van der Waals surface area contributed by atoms with Gasteiger partial charge in [0.1, 0.15) is 22.0 Å². The Kier molecular flexibility index (Phi) is 4.83. The second-order valence-corrected chi connectivity index (χ2v) is 7.31. The topological polar surface area (TPSA) is 79.5 Å². The Labute approximate surface area is 171 Å². The Morgan fingerprint density at radius 1 is 1.07 bits per heavy atom. The molecule has 4 aromatic rings. The third-order valence-corrected chi connectivity index (χ3v) is 5.43. The van der Waals surface area contributed by atoms with Crippen molar-refractivity contribution in [3.8, 4) is 11.1 Å². The van der Waals surface area contributed by atoms with Gasteiger partial charge in [0.15, 0.2) is 17.4 Å². The number of amides is 1. The van der Waals surface area contributed by atoms with Crippen LogP contribution in [-0.2, 0) is 0 Å². The van der Waals surface area contributed by atoms with Gasteiger partial charge in [-0.25, -0.2) is 18.0 Å². The number of carbonyl (C=O) groups is 2. The summed E-state index contributed by atoms with van der Waals surface area (Å²) < 4.78 is 47.5. The molecule has 0 atom stereocenters. The molecule has 152 valence electrons. The zero-order chi connectivity index (χ0) is 21.6. The first-order valence-corrected chi connectivity index (χ1v) is 9.45. The van der Waals surface area contributed by atoms with Crippen LogP contribution in [0.3, 0.4) is 0 Å². The van der Waals surface area contributed by atoms with Gasteiger partial charge < -0.3 is 14.8 Å². The van der Waals surface area contributed by atoms with E-state index in [9.17, 15) is 27.9 Å². The van der Waals surface area contributed by atoms with Gasteiger partial charge in [-0.05, 0) is 24.6 Å². The molecular weight excluding hydrogens is 419 g/mol. The van der Waals surface area contributed by atoms with Gasteiger partial charge in [-0.3, -0.25) is 4.79 Å². The van der Waals surface area contributed by atoms with Crippen molar-refractivity contribution < 1.29 is 32.3 Å². The Hall–Kier alpha value is -3.59. The summed E-state index contributed by atoms with van der Waals surface area (Å²) in [6, 6.07) is 7.92. The molecule has 2 N–H and O–H groups in total. The molecular formula is C21H12F3NO4S. The number of rotatable bonds is 4. The van der Waals surface area contributed by atoms with E-state index in [1.54, 1.807) is 0 Å². The van der Waals surface area contributed by atoms with E-state index in [2.05, 4.69) is 5.32 Å². The number of furan rings is 1. The highest BCUT2D eigenvalue weighted by molar-refractivity contribution is 7.15. The molecule has 0 aliphatic carbocycles. The molecule has 4 rings (SSSR count). The Bertz CT molecular complexity index is 1330. The molecule has 0 saturated heterocycles. The minimum Gasteiger partial charge on any atom is -0.478 e. The number of hydrogen-bond donors (Lipinski definition) is 2. The summed E-state index contributed by atoms with van der Waals surface area (Å²) in [5.74, 6) is -5.30. The smallest absolute Gasteiger partial charge is 0.339 e. The number of aromatic carboxylic acids is 1. The van der Waals surface area contributed by atoms with Crippen LogP contribution in [0.4, 0.5) is 18.2 Å². The second-order valence-electron chi connectivity index (χ2n) is 6.43. The van der Waals surface area contributed by atoms with Crippen LogP contribution in [-0.4, -0.2) is 17.0 Å². The highest BCUT2D eigenvalue weighted by Gasteiger charge is 2.25. The van der Waals surface area contributed by atoms with E-state index in [1.807, 2.05) is 0 Å². The molecule has 0 spiro atoms. The summed E-state index contributed by atoms with van der Waals surface area (Å²) in [6.45, 7) is 1.38. The minimum absolute atomic E-state index is 0.0742. The van der Waals surface area contributed by atoms with Crippen LogP contribution in [0.25, 0.3) is 22.1 Å². The van der Waals surface area contributed by atoms with Gasteiger partial charge in [0, 0.05) is 22.6 Å². The van der Waals surface area contributed by atoms with Crippen LogP contribution >= 0.6 is 11.3 Å². The number of fused-ring (bicyclic) bond motifs is 1. The first-order chi connectivity index (χ1) is 14.3. The molecule has 30 heavy (non-hydrogen) atoms. The molecule has 2 aromatic carbocycles. The molecule has 1 amide bonds. The number of carbonyl (C=O) groups excluding carboxylic acids is 1. The lowest BCUT2D eigenvalue weighted by Crippen LogP contribution is -2.13. The largest absolute Gasteiger partial charge is 0.478 e. The van der Waals surface area contributed by atoms with Crippen molar-refractivity contribution in [3.63, 3.8) is 0 Å². The first kappa shape index (κ1) is 19.7. The van der Waals surface area contributed by atoms with Gasteiger partial charge in [0.25, 0.3) is 5.91 Å². The van der Waals surface area contributed by atoms with E-state index in [0.29, 0.717) is 0 Å². The van der Waals surface area contributed by atoms with Crippen molar-refractivity contribution in [1.82, 2.24) is 0 Å². The van der Waals surface area contributed by atoms with E-state index in [1.165, 1.54) is 48.7 Å². The number of thiophene rings is 1. The van der Waals surface area contributed by atoms with E-state index < -0.39 is 34.9 Å². The molecule has 9 heteroatoms. The summed E-state index contributed by atoms with van der Waals surface area (Å²) in [6.07, 6.45) is 0. The third kappa shape index (κ3) is 3.22. The fourth-order valence-electron chi connectivity index (χ4n) is 3.02. The number of anilines is 1. The zero-order valence-electron chi connectivity index (χ0n) is 15.3. The Morgan fingerprint density at radius 2 is 1.83 bits per heavy atom. The monoisotopic (exact) mass is 431 g/mol. The molecule has 0 aliphatic rings. The fourth-order valence-corrected chi connectivity index (χ4v) is 3.96. The van der Waals surface area contributed by atoms with Crippen molar-refractivity contribution in [2.24, 2.45) is 0 Å². The summed E-state index contributed by atoms with van der Waals surface area (Å²) in [5.41, 5.74) is -0.470. The molecule has 0 unspecified atom stereocenters. The van der Waals surface area contributed by atoms with Crippen molar-refractivity contribution in [1.29, 1.82) is 0 Å². The van der Waals surface area contributed by atoms with Crippen LogP contribution in [0.15, 0.2) is 46.2 Å². The maximum Gasteiger partial charge on any atom is 0.339 e. The molecule has 0 bridgehead atoms. The number of carboxylic acids is 1. The average Bonchev–Trinajstić information content (AvgIpc) is 3.31. The fraction of sp³-hybridized carbons (Fsp3) is 0.0476. The summed E-state index contributed by atoms with van der Waals surface area (Å²) in [5, 5.41) is 13.3. The molecule has 5 nitrogen and oxygen atoms in total. The van der Waals surface area contributed by atoms with E-state index >= 15 is 0 Å². The van der Waals surface area contributed by atoms with Crippen molar-refractivity contribution in [2.75, 3.05) is 5.32 Å². The van der Waals surface area contributed by atoms with Crippen LogP contribution in [0.2, 0.25) is 0 Å². The molecule has 2 aromatic heterocycles. The van der Waals surface area contributed by atoms with Crippen LogP contribution < -0.4 is 5.32 Å². The number of carboxylic acid groups (broad SMARTS) is 1. The molecule has 0 saturated carbocycles. The van der Waals surface area contributed by atoms with Gasteiger partial charge in [0.05, 0.1) is 5.39 Å². The molecule has 0 aliphatic heterocycles. The minimum atomic E-state index is -1.43. The van der Waals surface area contributed by atoms with Gasteiger partial charge in [0.2, 0.25) is 0 Å². The van der Waals surface area contributed by atoms with Gasteiger partial charge in [-0.1, -0.05) is 18.2 Å². The Morgan fingerprint density at radius 3 is 2.53 bits per heavy atom. The maximum absolute atomic E-state index is 14.4. The molecule has 2 heterocycles. The van der Waals surface area contributed by atoms with Crippen LogP contribution in [0, 0.1) is 24.4 Å². The third-order valence-electron chi connectivity index (χ3n) is 4.53. The van der Waals surface area contributed by atoms with Crippen LogP contribution in [0.5, 0.6) is 0 Å². The second kappa shape index (κ2) is 7.34. The lowest BCUT2D eigenvalue weighted by molar-refractivity contribution is 0.0699.